The number of piperidine rings is 1. The van der Waals surface area contributed by atoms with Gasteiger partial charge in [-0.25, -0.2) is 4.79 Å². The van der Waals surface area contributed by atoms with Crippen molar-refractivity contribution >= 4 is 12.0 Å². The van der Waals surface area contributed by atoms with Gasteiger partial charge in [-0.1, -0.05) is 0 Å². The fourth-order valence-electron chi connectivity index (χ4n) is 1.47. The van der Waals surface area contributed by atoms with E-state index in [9.17, 15) is 9.59 Å². The molecule has 0 aromatic rings. The lowest BCUT2D eigenvalue weighted by Gasteiger charge is -2.29. The average molecular weight is 200 g/mol. The molecule has 1 aliphatic heterocycles. The van der Waals surface area contributed by atoms with Crippen LogP contribution < -0.4 is 5.32 Å². The van der Waals surface area contributed by atoms with Crippen molar-refractivity contribution in [2.45, 2.75) is 25.8 Å². The quantitative estimate of drug-likeness (QED) is 0.700. The largest absolute Gasteiger partial charge is 0.450 e. The Kier molecular flexibility index (Phi) is 3.73. The second-order valence-corrected chi connectivity index (χ2v) is 3.37. The van der Waals surface area contributed by atoms with E-state index in [1.165, 1.54) is 0 Å². The first-order valence-corrected chi connectivity index (χ1v) is 4.80. The van der Waals surface area contributed by atoms with E-state index in [-0.39, 0.29) is 11.9 Å². The third-order valence-corrected chi connectivity index (χ3v) is 2.22. The number of nitrogens with one attached hydrogen (secondary N) is 1. The maximum Gasteiger partial charge on any atom is 0.407 e. The molecule has 1 saturated heterocycles. The van der Waals surface area contributed by atoms with Crippen molar-refractivity contribution in [3.05, 3.63) is 0 Å². The van der Waals surface area contributed by atoms with E-state index >= 15 is 0 Å². The Bertz CT molecular complexity index is 230. The minimum Gasteiger partial charge on any atom is -0.450 e. The smallest absolute Gasteiger partial charge is 0.407 e. The molecule has 0 spiro atoms. The third kappa shape index (κ3) is 2.90. The second kappa shape index (κ2) is 4.83. The number of likely N-dealkylation sites (tertiary alicyclic amines) is 1. The summed E-state index contributed by atoms with van der Waals surface area (Å²) in [6.07, 6.45) is 0.787. The number of likely N-dealkylation sites (N-methyl/N-ethyl adjacent to an activating group) is 1. The van der Waals surface area contributed by atoms with Gasteiger partial charge in [0.25, 0.3) is 0 Å². The zero-order valence-electron chi connectivity index (χ0n) is 8.58. The molecule has 1 atom stereocenters. The highest BCUT2D eigenvalue weighted by Crippen LogP contribution is 2.09. The number of hydrogen-bond acceptors (Lipinski definition) is 3. The van der Waals surface area contributed by atoms with Crippen LogP contribution >= 0.6 is 0 Å². The molecule has 2 amide bonds. The van der Waals surface area contributed by atoms with Crippen LogP contribution in [0, 0.1) is 0 Å². The molecule has 0 aromatic carbocycles. The maximum absolute atomic E-state index is 11.1. The fraction of sp³-hybridized carbons (Fsp3) is 0.778. The standard InChI is InChI=1S/C9H16N2O3/c1-3-14-9(13)10-7-4-5-8(12)11(2)6-7/h7H,3-6H2,1-2H3,(H,10,13). The summed E-state index contributed by atoms with van der Waals surface area (Å²) in [5.41, 5.74) is 0. The number of alkyl carbamates (subject to hydrolysis) is 1. The van der Waals surface area contributed by atoms with Crippen LogP contribution in [-0.2, 0) is 9.53 Å². The molecule has 1 unspecified atom stereocenters. The Morgan fingerprint density at radius 3 is 3.00 bits per heavy atom. The summed E-state index contributed by atoms with van der Waals surface area (Å²) >= 11 is 0. The van der Waals surface area contributed by atoms with E-state index in [1.54, 1.807) is 18.9 Å². The molecule has 1 aliphatic rings. The van der Waals surface area contributed by atoms with Crippen LogP contribution in [0.1, 0.15) is 19.8 Å². The predicted octanol–water partition coefficient (Wildman–Crippen LogP) is 0.353. The van der Waals surface area contributed by atoms with Crippen molar-refractivity contribution in [3.63, 3.8) is 0 Å². The van der Waals surface area contributed by atoms with Gasteiger partial charge in [0.2, 0.25) is 5.91 Å². The van der Waals surface area contributed by atoms with Gasteiger partial charge in [-0.15, -0.1) is 0 Å². The Morgan fingerprint density at radius 1 is 1.71 bits per heavy atom. The zero-order chi connectivity index (χ0) is 10.6. The van der Waals surface area contributed by atoms with Crippen LogP contribution in [0.2, 0.25) is 0 Å². The van der Waals surface area contributed by atoms with Gasteiger partial charge in [-0.2, -0.15) is 0 Å². The lowest BCUT2D eigenvalue weighted by Crippen LogP contribution is -2.48. The topological polar surface area (TPSA) is 58.6 Å². The first-order chi connectivity index (χ1) is 6.63. The summed E-state index contributed by atoms with van der Waals surface area (Å²) < 4.78 is 4.75. The van der Waals surface area contributed by atoms with Gasteiger partial charge in [0.15, 0.2) is 0 Å². The Morgan fingerprint density at radius 2 is 2.43 bits per heavy atom. The summed E-state index contributed by atoms with van der Waals surface area (Å²) in [4.78, 5) is 23.8. The molecule has 1 rings (SSSR count). The molecule has 80 valence electrons. The van der Waals surface area contributed by atoms with Crippen molar-refractivity contribution in [2.75, 3.05) is 20.2 Å². The first-order valence-electron chi connectivity index (χ1n) is 4.80. The summed E-state index contributed by atoms with van der Waals surface area (Å²) in [6.45, 7) is 2.70. The van der Waals surface area contributed by atoms with E-state index in [2.05, 4.69) is 5.32 Å². The molecule has 0 aromatic heterocycles. The normalized spacial score (nSPS) is 22.0. The number of ether oxygens (including phenoxy) is 1. The highest BCUT2D eigenvalue weighted by molar-refractivity contribution is 5.77. The number of amides is 2. The van der Waals surface area contributed by atoms with E-state index in [4.69, 9.17) is 4.74 Å². The van der Waals surface area contributed by atoms with Crippen molar-refractivity contribution in [2.24, 2.45) is 0 Å². The molecule has 14 heavy (non-hydrogen) atoms. The number of rotatable bonds is 2. The first kappa shape index (κ1) is 10.8. The number of carbonyl (C=O) groups is 2. The van der Waals surface area contributed by atoms with E-state index in [0.29, 0.717) is 26.0 Å². The molecule has 0 aliphatic carbocycles. The van der Waals surface area contributed by atoms with Crippen LogP contribution in [0.25, 0.3) is 0 Å². The van der Waals surface area contributed by atoms with Crippen LogP contribution in [0.15, 0.2) is 0 Å². The molecule has 0 radical (unpaired) electrons. The highest BCUT2D eigenvalue weighted by Gasteiger charge is 2.24. The Balaban J connectivity index is 2.32. The van der Waals surface area contributed by atoms with Crippen LogP contribution in [0.4, 0.5) is 4.79 Å². The predicted molar refractivity (Wildman–Crippen MR) is 50.8 cm³/mol. The maximum atomic E-state index is 11.1. The zero-order valence-corrected chi connectivity index (χ0v) is 8.58. The fourth-order valence-corrected chi connectivity index (χ4v) is 1.47. The summed E-state index contributed by atoms with van der Waals surface area (Å²) in [5.74, 6) is 0.131. The monoisotopic (exact) mass is 200 g/mol. The van der Waals surface area contributed by atoms with Gasteiger partial charge in [0.1, 0.15) is 0 Å². The van der Waals surface area contributed by atoms with Gasteiger partial charge in [0.05, 0.1) is 12.6 Å². The Hall–Kier alpha value is -1.26. The van der Waals surface area contributed by atoms with E-state index < -0.39 is 6.09 Å². The van der Waals surface area contributed by atoms with Crippen LogP contribution in [0.5, 0.6) is 0 Å². The van der Waals surface area contributed by atoms with Crippen LogP contribution in [0.3, 0.4) is 0 Å². The second-order valence-electron chi connectivity index (χ2n) is 3.37. The van der Waals surface area contributed by atoms with Gasteiger partial charge >= 0.3 is 6.09 Å². The molecule has 5 heteroatoms. The Labute approximate surface area is 83.4 Å². The molecule has 1 fully saturated rings. The molecule has 0 saturated carbocycles. The average Bonchev–Trinajstić information content (AvgIpc) is 2.12. The van der Waals surface area contributed by atoms with Gasteiger partial charge < -0.3 is 15.0 Å². The number of hydrogen-bond donors (Lipinski definition) is 1. The molecule has 1 N–H and O–H groups in total. The lowest BCUT2D eigenvalue weighted by molar-refractivity contribution is -0.132. The molecule has 0 bridgehead atoms. The van der Waals surface area contributed by atoms with Crippen molar-refractivity contribution in [1.82, 2.24) is 10.2 Å². The molecule has 1 heterocycles. The van der Waals surface area contributed by atoms with Gasteiger partial charge in [-0.3, -0.25) is 4.79 Å². The van der Waals surface area contributed by atoms with Crippen molar-refractivity contribution in [3.8, 4) is 0 Å². The minimum atomic E-state index is -0.403. The van der Waals surface area contributed by atoms with E-state index in [0.717, 1.165) is 0 Å². The lowest BCUT2D eigenvalue weighted by atomic mass is 10.1. The summed E-state index contributed by atoms with van der Waals surface area (Å²) in [6, 6.07) is 0.0248. The molecule has 5 nitrogen and oxygen atoms in total. The van der Waals surface area contributed by atoms with Gasteiger partial charge in [-0.05, 0) is 13.3 Å². The van der Waals surface area contributed by atoms with Crippen molar-refractivity contribution in [1.29, 1.82) is 0 Å². The molecular formula is C9H16N2O3. The third-order valence-electron chi connectivity index (χ3n) is 2.22. The summed E-state index contributed by atoms with van der Waals surface area (Å²) in [5, 5.41) is 2.72. The summed E-state index contributed by atoms with van der Waals surface area (Å²) in [7, 11) is 1.74. The molecular weight excluding hydrogens is 184 g/mol. The number of nitrogens with zero attached hydrogens (tertiary/aromatic N) is 1. The highest BCUT2D eigenvalue weighted by atomic mass is 16.5. The van der Waals surface area contributed by atoms with Crippen LogP contribution in [-0.4, -0.2) is 43.1 Å². The minimum absolute atomic E-state index is 0.0248. The van der Waals surface area contributed by atoms with Gasteiger partial charge in [0, 0.05) is 20.0 Å². The van der Waals surface area contributed by atoms with E-state index in [1.807, 2.05) is 0 Å². The van der Waals surface area contributed by atoms with Crippen molar-refractivity contribution < 1.29 is 14.3 Å². The SMILES string of the molecule is CCOC(=O)NC1CCC(=O)N(C)C1. The number of carbonyl (C=O) groups excluding carboxylic acids is 2.